The molecular formula is C20H24N2O3. The zero-order chi connectivity index (χ0) is 18.4. The Labute approximate surface area is 148 Å². The van der Waals surface area contributed by atoms with Gasteiger partial charge in [0.1, 0.15) is 5.75 Å². The minimum atomic E-state index is -0.637. The summed E-state index contributed by atoms with van der Waals surface area (Å²) in [5.41, 5.74) is 2.55. The highest BCUT2D eigenvalue weighted by Crippen LogP contribution is 2.19. The Morgan fingerprint density at radius 1 is 1.16 bits per heavy atom. The van der Waals surface area contributed by atoms with Crippen molar-refractivity contribution in [2.24, 2.45) is 0 Å². The van der Waals surface area contributed by atoms with Crippen molar-refractivity contribution in [1.82, 2.24) is 0 Å². The minimum absolute atomic E-state index is 0.0734. The van der Waals surface area contributed by atoms with E-state index in [4.69, 9.17) is 4.74 Å². The third-order valence-electron chi connectivity index (χ3n) is 3.99. The van der Waals surface area contributed by atoms with Gasteiger partial charge in [-0.3, -0.25) is 9.59 Å². The van der Waals surface area contributed by atoms with Gasteiger partial charge in [-0.2, -0.15) is 0 Å². The first kappa shape index (κ1) is 18.5. The summed E-state index contributed by atoms with van der Waals surface area (Å²) in [5, 5.41) is 2.82. The number of carbonyl (C=O) groups excluding carboxylic acids is 2. The van der Waals surface area contributed by atoms with Gasteiger partial charge in [0, 0.05) is 25.3 Å². The van der Waals surface area contributed by atoms with Gasteiger partial charge in [-0.25, -0.2) is 0 Å². The quantitative estimate of drug-likeness (QED) is 0.873. The topological polar surface area (TPSA) is 58.6 Å². The summed E-state index contributed by atoms with van der Waals surface area (Å²) in [4.78, 5) is 25.3. The predicted octanol–water partition coefficient (Wildman–Crippen LogP) is 3.64. The molecule has 1 atom stereocenters. The van der Waals surface area contributed by atoms with Crippen molar-refractivity contribution in [3.8, 4) is 5.75 Å². The second-order valence-electron chi connectivity index (χ2n) is 5.88. The molecule has 0 heterocycles. The highest BCUT2D eigenvalue weighted by Gasteiger charge is 2.15. The van der Waals surface area contributed by atoms with Gasteiger partial charge in [0.15, 0.2) is 6.10 Å². The second-order valence-corrected chi connectivity index (χ2v) is 5.88. The molecule has 0 aromatic heterocycles. The number of nitrogens with one attached hydrogen (secondary N) is 1. The number of ether oxygens (including phenoxy) is 1. The Balaban J connectivity index is 2.00. The van der Waals surface area contributed by atoms with Crippen molar-refractivity contribution >= 4 is 23.2 Å². The van der Waals surface area contributed by atoms with E-state index in [1.54, 1.807) is 32.2 Å². The van der Waals surface area contributed by atoms with E-state index in [0.717, 1.165) is 6.42 Å². The van der Waals surface area contributed by atoms with E-state index in [1.807, 2.05) is 30.3 Å². The predicted molar refractivity (Wildman–Crippen MR) is 100 cm³/mol. The molecule has 0 bridgehead atoms. The van der Waals surface area contributed by atoms with Crippen molar-refractivity contribution in [2.45, 2.75) is 33.3 Å². The summed E-state index contributed by atoms with van der Waals surface area (Å²) >= 11 is 0. The average molecular weight is 340 g/mol. The Morgan fingerprint density at radius 3 is 2.44 bits per heavy atom. The first-order valence-corrected chi connectivity index (χ1v) is 8.31. The molecule has 25 heavy (non-hydrogen) atoms. The minimum Gasteiger partial charge on any atom is -0.481 e. The van der Waals surface area contributed by atoms with Crippen LogP contribution in [0.15, 0.2) is 48.5 Å². The van der Waals surface area contributed by atoms with Crippen LogP contribution >= 0.6 is 0 Å². The van der Waals surface area contributed by atoms with Crippen LogP contribution in [-0.2, 0) is 16.0 Å². The van der Waals surface area contributed by atoms with Gasteiger partial charge in [0.25, 0.3) is 5.91 Å². The monoisotopic (exact) mass is 340 g/mol. The summed E-state index contributed by atoms with van der Waals surface area (Å²) in [7, 11) is 1.69. The van der Waals surface area contributed by atoms with Crippen molar-refractivity contribution < 1.29 is 14.3 Å². The van der Waals surface area contributed by atoms with Gasteiger partial charge >= 0.3 is 0 Å². The zero-order valence-electron chi connectivity index (χ0n) is 15.1. The molecule has 0 aliphatic carbocycles. The molecule has 2 aromatic rings. The Hall–Kier alpha value is -2.82. The highest BCUT2D eigenvalue weighted by atomic mass is 16.5. The van der Waals surface area contributed by atoms with Gasteiger partial charge < -0.3 is 15.0 Å². The third kappa shape index (κ3) is 5.08. The lowest BCUT2D eigenvalue weighted by Gasteiger charge is -2.18. The summed E-state index contributed by atoms with van der Waals surface area (Å²) in [6.07, 6.45) is 0.322. The first-order valence-electron chi connectivity index (χ1n) is 8.31. The maximum Gasteiger partial charge on any atom is 0.265 e. The van der Waals surface area contributed by atoms with Crippen LogP contribution < -0.4 is 15.0 Å². The molecule has 5 heteroatoms. The molecule has 1 unspecified atom stereocenters. The molecule has 5 nitrogen and oxygen atoms in total. The summed E-state index contributed by atoms with van der Waals surface area (Å²) in [6.45, 7) is 5.28. The number of hydrogen-bond acceptors (Lipinski definition) is 3. The SMILES string of the molecule is CCc1ccc(OC(C)C(=O)Nc2cccc(N(C)C(C)=O)c2)cc1. The van der Waals surface area contributed by atoms with Crippen LogP contribution in [0.1, 0.15) is 26.3 Å². The highest BCUT2D eigenvalue weighted by molar-refractivity contribution is 5.96. The van der Waals surface area contributed by atoms with Crippen molar-refractivity contribution in [3.05, 3.63) is 54.1 Å². The number of benzene rings is 2. The fourth-order valence-corrected chi connectivity index (χ4v) is 2.28. The maximum atomic E-state index is 12.3. The van der Waals surface area contributed by atoms with Crippen molar-refractivity contribution in [1.29, 1.82) is 0 Å². The molecule has 1 N–H and O–H groups in total. The lowest BCUT2D eigenvalue weighted by molar-refractivity contribution is -0.122. The van der Waals surface area contributed by atoms with E-state index in [1.165, 1.54) is 17.4 Å². The van der Waals surface area contributed by atoms with E-state index in [2.05, 4.69) is 12.2 Å². The maximum absolute atomic E-state index is 12.3. The van der Waals surface area contributed by atoms with Crippen molar-refractivity contribution in [2.75, 3.05) is 17.3 Å². The van der Waals surface area contributed by atoms with Crippen LogP contribution in [0.25, 0.3) is 0 Å². The molecule has 0 aliphatic rings. The molecule has 0 saturated heterocycles. The average Bonchev–Trinajstić information content (AvgIpc) is 2.61. The largest absolute Gasteiger partial charge is 0.481 e. The van der Waals surface area contributed by atoms with Crippen LogP contribution in [0.5, 0.6) is 5.75 Å². The molecule has 0 aliphatic heterocycles. The van der Waals surface area contributed by atoms with Crippen LogP contribution in [0, 0.1) is 0 Å². The normalized spacial score (nSPS) is 11.5. The fraction of sp³-hybridized carbons (Fsp3) is 0.300. The Morgan fingerprint density at radius 2 is 1.84 bits per heavy atom. The van der Waals surface area contributed by atoms with Gasteiger partial charge in [-0.1, -0.05) is 25.1 Å². The van der Waals surface area contributed by atoms with Crippen LogP contribution in [0.2, 0.25) is 0 Å². The van der Waals surface area contributed by atoms with Crippen LogP contribution in [0.3, 0.4) is 0 Å². The van der Waals surface area contributed by atoms with E-state index in [0.29, 0.717) is 17.1 Å². The standard InChI is InChI=1S/C20H24N2O3/c1-5-16-9-11-19(12-10-16)25-14(2)20(24)21-17-7-6-8-18(13-17)22(4)15(3)23/h6-14H,5H2,1-4H3,(H,21,24). The molecule has 0 spiro atoms. The van der Waals surface area contributed by atoms with Crippen LogP contribution in [0.4, 0.5) is 11.4 Å². The first-order chi connectivity index (χ1) is 11.9. The molecule has 2 aromatic carbocycles. The van der Waals surface area contributed by atoms with Gasteiger partial charge in [0.05, 0.1) is 0 Å². The van der Waals surface area contributed by atoms with E-state index in [-0.39, 0.29) is 11.8 Å². The molecular weight excluding hydrogens is 316 g/mol. The Kier molecular flexibility index (Phi) is 6.17. The molecule has 0 fully saturated rings. The number of aryl methyl sites for hydroxylation is 1. The second kappa shape index (κ2) is 8.33. The smallest absolute Gasteiger partial charge is 0.265 e. The number of amides is 2. The third-order valence-corrected chi connectivity index (χ3v) is 3.99. The van der Waals surface area contributed by atoms with Crippen LogP contribution in [-0.4, -0.2) is 25.0 Å². The summed E-state index contributed by atoms with van der Waals surface area (Å²) in [6, 6.07) is 14.8. The lowest BCUT2D eigenvalue weighted by Crippen LogP contribution is -2.30. The van der Waals surface area contributed by atoms with Crippen molar-refractivity contribution in [3.63, 3.8) is 0 Å². The number of carbonyl (C=O) groups is 2. The lowest BCUT2D eigenvalue weighted by atomic mass is 10.2. The number of rotatable bonds is 6. The molecule has 2 rings (SSSR count). The van der Waals surface area contributed by atoms with Gasteiger partial charge in [-0.05, 0) is 49.2 Å². The number of hydrogen-bond donors (Lipinski definition) is 1. The van der Waals surface area contributed by atoms with Gasteiger partial charge in [0.2, 0.25) is 5.91 Å². The molecule has 2 amide bonds. The fourth-order valence-electron chi connectivity index (χ4n) is 2.28. The van der Waals surface area contributed by atoms with Gasteiger partial charge in [-0.15, -0.1) is 0 Å². The molecule has 0 radical (unpaired) electrons. The molecule has 132 valence electrons. The number of nitrogens with zero attached hydrogens (tertiary/aromatic N) is 1. The van der Waals surface area contributed by atoms with E-state index >= 15 is 0 Å². The Bertz CT molecular complexity index is 741. The zero-order valence-corrected chi connectivity index (χ0v) is 15.1. The molecule has 0 saturated carbocycles. The summed E-state index contributed by atoms with van der Waals surface area (Å²) < 4.78 is 5.69. The van der Waals surface area contributed by atoms with E-state index in [9.17, 15) is 9.59 Å². The van der Waals surface area contributed by atoms with E-state index < -0.39 is 6.10 Å². The number of anilines is 2. The summed E-state index contributed by atoms with van der Waals surface area (Å²) in [5.74, 6) is 0.336.